The van der Waals surface area contributed by atoms with E-state index in [-0.39, 0.29) is 0 Å². The van der Waals surface area contributed by atoms with Crippen molar-refractivity contribution >= 4 is 6.21 Å². The zero-order chi connectivity index (χ0) is 8.10. The highest BCUT2D eigenvalue weighted by Gasteiger charge is 1.92. The highest BCUT2D eigenvalue weighted by Crippen LogP contribution is 1.97. The molecule has 0 saturated heterocycles. The Morgan fingerprint density at radius 1 is 1.64 bits per heavy atom. The zero-order valence-electron chi connectivity index (χ0n) is 6.25. The van der Waals surface area contributed by atoms with Crippen molar-refractivity contribution in [2.45, 2.75) is 0 Å². The van der Waals surface area contributed by atoms with Crippen LogP contribution in [0.5, 0.6) is 0 Å². The van der Waals surface area contributed by atoms with E-state index in [2.05, 4.69) is 16.9 Å². The molecule has 1 aliphatic heterocycles. The first kappa shape index (κ1) is 7.75. The lowest BCUT2D eigenvalue weighted by molar-refractivity contribution is 0.968. The molecule has 0 saturated carbocycles. The Labute approximate surface area is 66.0 Å². The van der Waals surface area contributed by atoms with Crippen molar-refractivity contribution in [2.24, 2.45) is 10.7 Å². The predicted octanol–water partition coefficient (Wildman–Crippen LogP) is 0.530. The van der Waals surface area contributed by atoms with Gasteiger partial charge in [0.2, 0.25) is 0 Å². The first-order valence-electron chi connectivity index (χ1n) is 3.37. The maximum atomic E-state index is 5.44. The zero-order valence-corrected chi connectivity index (χ0v) is 6.25. The monoisotopic (exact) mass is 149 g/mol. The van der Waals surface area contributed by atoms with Crippen LogP contribution in [0, 0.1) is 0 Å². The maximum Gasteiger partial charge on any atom is 0.0428 e. The summed E-state index contributed by atoms with van der Waals surface area (Å²) in [5, 5.41) is 2.98. The molecule has 0 aromatic heterocycles. The van der Waals surface area contributed by atoms with Gasteiger partial charge >= 0.3 is 0 Å². The maximum absolute atomic E-state index is 5.44. The number of nitrogens with zero attached hydrogens (tertiary/aromatic N) is 1. The molecular weight excluding hydrogens is 138 g/mol. The van der Waals surface area contributed by atoms with E-state index in [1.807, 2.05) is 6.08 Å². The molecule has 58 valence electrons. The smallest absolute Gasteiger partial charge is 0.0428 e. The highest BCUT2D eigenvalue weighted by molar-refractivity contribution is 5.82. The molecule has 0 unspecified atom stereocenters. The molecule has 0 atom stereocenters. The molecule has 0 spiro atoms. The second kappa shape index (κ2) is 3.73. The van der Waals surface area contributed by atoms with Gasteiger partial charge in [0.1, 0.15) is 0 Å². The van der Waals surface area contributed by atoms with Gasteiger partial charge in [0.05, 0.1) is 0 Å². The van der Waals surface area contributed by atoms with E-state index in [0.29, 0.717) is 6.54 Å². The first-order chi connectivity index (χ1) is 5.33. The molecule has 1 rings (SSSR count). The Morgan fingerprint density at radius 3 is 3.18 bits per heavy atom. The fourth-order valence-corrected chi connectivity index (χ4v) is 0.747. The fraction of sp³-hybridized carbons (Fsp3) is 0.125. The number of rotatable bonds is 1. The molecule has 0 amide bonds. The minimum Gasteiger partial charge on any atom is -0.363 e. The summed E-state index contributed by atoms with van der Waals surface area (Å²) in [5.41, 5.74) is 7.23. The molecule has 0 radical (unpaired) electrons. The highest BCUT2D eigenvalue weighted by atomic mass is 14.9. The summed E-state index contributed by atoms with van der Waals surface area (Å²) in [5.74, 6) is 0. The molecule has 1 heterocycles. The van der Waals surface area contributed by atoms with Gasteiger partial charge < -0.3 is 11.1 Å². The average molecular weight is 149 g/mol. The van der Waals surface area contributed by atoms with Crippen molar-refractivity contribution in [3.63, 3.8) is 0 Å². The van der Waals surface area contributed by atoms with Crippen LogP contribution in [-0.2, 0) is 0 Å². The number of hydrogen-bond donors (Lipinski definition) is 2. The lowest BCUT2D eigenvalue weighted by atomic mass is 10.2. The molecule has 3 heteroatoms. The van der Waals surface area contributed by atoms with E-state index in [0.717, 1.165) is 11.3 Å². The van der Waals surface area contributed by atoms with Crippen molar-refractivity contribution in [1.29, 1.82) is 0 Å². The normalized spacial score (nSPS) is 24.5. The van der Waals surface area contributed by atoms with Crippen molar-refractivity contribution in [2.75, 3.05) is 6.54 Å². The average Bonchev–Trinajstić information content (AvgIpc) is 1.96. The molecule has 1 aliphatic rings. The Hall–Kier alpha value is -1.35. The van der Waals surface area contributed by atoms with Crippen molar-refractivity contribution in [1.82, 2.24) is 5.32 Å². The third kappa shape index (κ3) is 2.39. The molecule has 3 N–H and O–H groups in total. The van der Waals surface area contributed by atoms with Gasteiger partial charge in [0.25, 0.3) is 0 Å². The first-order valence-corrected chi connectivity index (χ1v) is 3.37. The molecule has 0 aromatic rings. The number of aliphatic imine (C=N–C) groups is 1. The van der Waals surface area contributed by atoms with Crippen LogP contribution in [0.1, 0.15) is 0 Å². The van der Waals surface area contributed by atoms with Crippen LogP contribution in [0.25, 0.3) is 0 Å². The molecule has 0 aliphatic carbocycles. The van der Waals surface area contributed by atoms with Gasteiger partial charge in [-0.15, -0.1) is 0 Å². The third-order valence-electron chi connectivity index (χ3n) is 1.25. The minimum absolute atomic E-state index is 0.483. The topological polar surface area (TPSA) is 50.4 Å². The summed E-state index contributed by atoms with van der Waals surface area (Å²) < 4.78 is 0. The van der Waals surface area contributed by atoms with E-state index in [1.54, 1.807) is 18.6 Å². The summed E-state index contributed by atoms with van der Waals surface area (Å²) in [6.45, 7) is 4.24. The van der Waals surface area contributed by atoms with Crippen LogP contribution >= 0.6 is 0 Å². The molecular formula is C8H11N3. The van der Waals surface area contributed by atoms with Gasteiger partial charge in [-0.3, -0.25) is 4.99 Å². The van der Waals surface area contributed by atoms with E-state index in [1.165, 1.54) is 0 Å². The Kier molecular flexibility index (Phi) is 2.63. The van der Waals surface area contributed by atoms with Crippen LogP contribution in [-0.4, -0.2) is 12.8 Å². The third-order valence-corrected chi connectivity index (χ3v) is 1.25. The second-order valence-corrected chi connectivity index (χ2v) is 2.19. The number of allylic oxidation sites excluding steroid dienone is 2. The Bertz CT molecular complexity index is 236. The van der Waals surface area contributed by atoms with Gasteiger partial charge in [-0.05, 0) is 11.6 Å². The van der Waals surface area contributed by atoms with E-state index in [4.69, 9.17) is 5.73 Å². The number of nitrogens with one attached hydrogen (secondary N) is 1. The number of hydrogen-bond acceptors (Lipinski definition) is 3. The van der Waals surface area contributed by atoms with Gasteiger partial charge in [-0.25, -0.2) is 0 Å². The largest absolute Gasteiger partial charge is 0.363 e. The molecule has 0 bridgehead atoms. The fourth-order valence-electron chi connectivity index (χ4n) is 0.747. The molecule has 11 heavy (non-hydrogen) atoms. The van der Waals surface area contributed by atoms with Crippen LogP contribution in [0.2, 0.25) is 0 Å². The summed E-state index contributed by atoms with van der Waals surface area (Å²) in [6.07, 6.45) is 6.95. The van der Waals surface area contributed by atoms with Gasteiger partial charge in [-0.2, -0.15) is 0 Å². The standard InChI is InChI=1S/C8H11N3/c1-7-4-8(5-9)11-3-2-10-6-7/h2-4,6,11H,1,5,9H2/b3-2-,8-4-,10-6?. The minimum atomic E-state index is 0.483. The van der Waals surface area contributed by atoms with E-state index in [9.17, 15) is 0 Å². The summed E-state index contributed by atoms with van der Waals surface area (Å²) in [4.78, 5) is 3.93. The summed E-state index contributed by atoms with van der Waals surface area (Å²) in [6, 6.07) is 0. The summed E-state index contributed by atoms with van der Waals surface area (Å²) in [7, 11) is 0. The Morgan fingerprint density at radius 2 is 2.45 bits per heavy atom. The quantitative estimate of drug-likeness (QED) is 0.571. The summed E-state index contributed by atoms with van der Waals surface area (Å²) >= 11 is 0. The molecule has 0 fully saturated rings. The lowest BCUT2D eigenvalue weighted by Gasteiger charge is -2.04. The van der Waals surface area contributed by atoms with Crippen molar-refractivity contribution < 1.29 is 0 Å². The van der Waals surface area contributed by atoms with E-state index >= 15 is 0 Å². The molecule has 0 aromatic carbocycles. The predicted molar refractivity (Wildman–Crippen MR) is 47.0 cm³/mol. The van der Waals surface area contributed by atoms with Gasteiger partial charge in [-0.1, -0.05) is 6.58 Å². The van der Waals surface area contributed by atoms with Crippen molar-refractivity contribution in [3.8, 4) is 0 Å². The van der Waals surface area contributed by atoms with Gasteiger partial charge in [0, 0.05) is 30.9 Å². The second-order valence-electron chi connectivity index (χ2n) is 2.19. The lowest BCUT2D eigenvalue weighted by Crippen LogP contribution is -2.15. The van der Waals surface area contributed by atoms with E-state index < -0.39 is 0 Å². The number of nitrogens with two attached hydrogens (primary N) is 1. The SMILES string of the molecule is C=C1C=N/C=C\N/C(CN)=C\1. The molecule has 3 nitrogen and oxygen atoms in total. The van der Waals surface area contributed by atoms with Crippen LogP contribution in [0.4, 0.5) is 0 Å². The van der Waals surface area contributed by atoms with Crippen molar-refractivity contribution in [3.05, 3.63) is 36.3 Å². The van der Waals surface area contributed by atoms with Crippen LogP contribution in [0.15, 0.2) is 41.3 Å². The van der Waals surface area contributed by atoms with Crippen LogP contribution < -0.4 is 11.1 Å². The van der Waals surface area contributed by atoms with Gasteiger partial charge in [0.15, 0.2) is 0 Å². The van der Waals surface area contributed by atoms with Crippen LogP contribution in [0.3, 0.4) is 0 Å². The Balaban J connectivity index is 2.80.